The van der Waals surface area contributed by atoms with Gasteiger partial charge in [0.1, 0.15) is 18.0 Å². The lowest BCUT2D eigenvalue weighted by molar-refractivity contribution is -0.00483. The highest BCUT2D eigenvalue weighted by Crippen LogP contribution is 2.29. The van der Waals surface area contributed by atoms with Gasteiger partial charge >= 0.3 is 0 Å². The minimum absolute atomic E-state index is 0.105. The number of hydrogen-bond donors (Lipinski definition) is 2. The molecule has 0 radical (unpaired) electrons. The van der Waals surface area contributed by atoms with Crippen molar-refractivity contribution >= 4 is 11.6 Å². The number of anilines is 2. The highest BCUT2D eigenvalue weighted by molar-refractivity contribution is 5.57. The first-order chi connectivity index (χ1) is 8.59. The van der Waals surface area contributed by atoms with Gasteiger partial charge in [0.05, 0.1) is 5.60 Å². The Balaban J connectivity index is 2.26. The van der Waals surface area contributed by atoms with E-state index in [0.29, 0.717) is 5.82 Å². The molecule has 2 heterocycles. The molecule has 2 rings (SSSR count). The van der Waals surface area contributed by atoms with Crippen molar-refractivity contribution < 1.29 is 4.74 Å². The molecule has 6 nitrogen and oxygen atoms in total. The topological polar surface area (TPSA) is 76.3 Å². The van der Waals surface area contributed by atoms with E-state index in [9.17, 15) is 0 Å². The third-order valence-corrected chi connectivity index (χ3v) is 3.65. The second kappa shape index (κ2) is 5.07. The Hall–Kier alpha value is -1.40. The van der Waals surface area contributed by atoms with Crippen LogP contribution < -0.4 is 16.2 Å². The van der Waals surface area contributed by atoms with E-state index in [1.165, 1.54) is 6.33 Å². The van der Waals surface area contributed by atoms with Gasteiger partial charge in [0.25, 0.3) is 0 Å². The summed E-state index contributed by atoms with van der Waals surface area (Å²) >= 11 is 0. The second-order valence-electron chi connectivity index (χ2n) is 4.99. The highest BCUT2D eigenvalue weighted by atomic mass is 16.5. The van der Waals surface area contributed by atoms with Crippen LogP contribution in [0.4, 0.5) is 11.6 Å². The Labute approximate surface area is 108 Å². The number of ether oxygens (including phenoxy) is 1. The lowest BCUT2D eigenvalue weighted by Crippen LogP contribution is -2.48. The van der Waals surface area contributed by atoms with Crippen molar-refractivity contribution in [3.05, 3.63) is 11.9 Å². The van der Waals surface area contributed by atoms with Crippen LogP contribution in [0.3, 0.4) is 0 Å². The third kappa shape index (κ3) is 2.39. The normalized spacial score (nSPS) is 24.1. The number of methoxy groups -OCH3 is 1. The number of aromatic nitrogens is 2. The first-order valence-corrected chi connectivity index (χ1v) is 6.18. The van der Waals surface area contributed by atoms with Gasteiger partial charge in [0, 0.05) is 25.8 Å². The zero-order valence-electron chi connectivity index (χ0n) is 11.2. The Morgan fingerprint density at radius 1 is 1.50 bits per heavy atom. The van der Waals surface area contributed by atoms with Crippen LogP contribution in [0.15, 0.2) is 6.33 Å². The highest BCUT2D eigenvalue weighted by Gasteiger charge is 2.32. The van der Waals surface area contributed by atoms with Crippen LogP contribution in [-0.4, -0.2) is 35.8 Å². The summed E-state index contributed by atoms with van der Waals surface area (Å²) in [6, 6.07) is 0. The van der Waals surface area contributed by atoms with E-state index in [1.54, 1.807) is 7.11 Å². The molecule has 0 aromatic carbocycles. The van der Waals surface area contributed by atoms with Crippen LogP contribution in [0, 0.1) is 6.92 Å². The van der Waals surface area contributed by atoms with Crippen LogP contribution >= 0.6 is 0 Å². The summed E-state index contributed by atoms with van der Waals surface area (Å²) in [5.41, 5.74) is 3.47. The van der Waals surface area contributed by atoms with Gasteiger partial charge in [-0.15, -0.1) is 0 Å². The molecule has 0 spiro atoms. The minimum Gasteiger partial charge on any atom is -0.377 e. The van der Waals surface area contributed by atoms with E-state index in [0.717, 1.165) is 37.3 Å². The van der Waals surface area contributed by atoms with Crippen molar-refractivity contribution in [3.63, 3.8) is 0 Å². The number of nitrogens with one attached hydrogen (secondary N) is 1. The molecular formula is C12H21N5O. The molecule has 1 unspecified atom stereocenters. The van der Waals surface area contributed by atoms with Gasteiger partial charge in [-0.05, 0) is 26.7 Å². The number of hydrazine groups is 1. The summed E-state index contributed by atoms with van der Waals surface area (Å²) in [7, 11) is 1.77. The second-order valence-corrected chi connectivity index (χ2v) is 4.99. The lowest BCUT2D eigenvalue weighted by atomic mass is 9.94. The zero-order valence-corrected chi connectivity index (χ0v) is 11.2. The maximum atomic E-state index is 5.60. The van der Waals surface area contributed by atoms with E-state index in [2.05, 4.69) is 27.2 Å². The summed E-state index contributed by atoms with van der Waals surface area (Å²) < 4.78 is 5.60. The number of piperidine rings is 1. The van der Waals surface area contributed by atoms with Crippen molar-refractivity contribution in [2.45, 2.75) is 32.3 Å². The molecule has 1 aliphatic heterocycles. The molecule has 0 amide bonds. The predicted octanol–water partition coefficient (Wildman–Crippen LogP) is 1.08. The van der Waals surface area contributed by atoms with Gasteiger partial charge in [-0.25, -0.2) is 15.8 Å². The molecule has 1 saturated heterocycles. The standard InChI is InChI=1S/C12H21N5O/c1-9-10(16-13)14-8-15-11(9)17-6-4-5-12(2,7-17)18-3/h8H,4-7,13H2,1-3H3,(H,14,15,16). The molecule has 18 heavy (non-hydrogen) atoms. The van der Waals surface area contributed by atoms with E-state index < -0.39 is 0 Å². The number of hydrogen-bond acceptors (Lipinski definition) is 6. The quantitative estimate of drug-likeness (QED) is 0.618. The first kappa shape index (κ1) is 13.0. The molecule has 1 aromatic heterocycles. The fraction of sp³-hybridized carbons (Fsp3) is 0.667. The molecule has 1 fully saturated rings. The van der Waals surface area contributed by atoms with E-state index >= 15 is 0 Å². The van der Waals surface area contributed by atoms with Crippen molar-refractivity contribution in [1.29, 1.82) is 0 Å². The molecule has 0 saturated carbocycles. The average Bonchev–Trinajstić information content (AvgIpc) is 2.39. The molecular weight excluding hydrogens is 230 g/mol. The summed E-state index contributed by atoms with van der Waals surface area (Å²) in [5, 5.41) is 0. The third-order valence-electron chi connectivity index (χ3n) is 3.65. The Morgan fingerprint density at radius 3 is 2.94 bits per heavy atom. The zero-order chi connectivity index (χ0) is 13.2. The fourth-order valence-corrected chi connectivity index (χ4v) is 2.46. The van der Waals surface area contributed by atoms with Gasteiger partial charge < -0.3 is 15.1 Å². The minimum atomic E-state index is -0.105. The molecule has 6 heteroatoms. The Morgan fingerprint density at radius 2 is 2.28 bits per heavy atom. The van der Waals surface area contributed by atoms with Crippen LogP contribution in [0.25, 0.3) is 0 Å². The smallest absolute Gasteiger partial charge is 0.148 e. The molecule has 3 N–H and O–H groups in total. The van der Waals surface area contributed by atoms with Crippen molar-refractivity contribution in [2.75, 3.05) is 30.5 Å². The number of nitrogens with zero attached hydrogens (tertiary/aromatic N) is 3. The van der Waals surface area contributed by atoms with E-state index in [-0.39, 0.29) is 5.60 Å². The van der Waals surface area contributed by atoms with Crippen molar-refractivity contribution in [1.82, 2.24) is 9.97 Å². The van der Waals surface area contributed by atoms with Crippen LogP contribution in [-0.2, 0) is 4.74 Å². The van der Waals surface area contributed by atoms with Gasteiger partial charge in [0.15, 0.2) is 0 Å². The largest absolute Gasteiger partial charge is 0.377 e. The summed E-state index contributed by atoms with van der Waals surface area (Å²) in [6.45, 7) is 5.94. The maximum absolute atomic E-state index is 5.60. The Bertz CT molecular complexity index is 425. The monoisotopic (exact) mass is 251 g/mol. The number of nitrogen functional groups attached to an aromatic ring is 1. The summed E-state index contributed by atoms with van der Waals surface area (Å²) in [6.07, 6.45) is 3.71. The van der Waals surface area contributed by atoms with Gasteiger partial charge in [-0.2, -0.15) is 0 Å². The summed E-state index contributed by atoms with van der Waals surface area (Å²) in [5.74, 6) is 7.05. The van der Waals surface area contributed by atoms with Crippen LogP contribution in [0.5, 0.6) is 0 Å². The molecule has 1 aliphatic rings. The fourth-order valence-electron chi connectivity index (χ4n) is 2.46. The Kier molecular flexibility index (Phi) is 3.68. The van der Waals surface area contributed by atoms with E-state index in [1.807, 2.05) is 6.92 Å². The van der Waals surface area contributed by atoms with Crippen molar-refractivity contribution in [2.24, 2.45) is 5.84 Å². The predicted molar refractivity (Wildman–Crippen MR) is 71.4 cm³/mol. The van der Waals surface area contributed by atoms with Crippen LogP contribution in [0.1, 0.15) is 25.3 Å². The van der Waals surface area contributed by atoms with Crippen LogP contribution in [0.2, 0.25) is 0 Å². The number of rotatable bonds is 3. The van der Waals surface area contributed by atoms with Gasteiger partial charge in [-0.3, -0.25) is 0 Å². The molecule has 100 valence electrons. The average molecular weight is 251 g/mol. The van der Waals surface area contributed by atoms with Crippen molar-refractivity contribution in [3.8, 4) is 0 Å². The lowest BCUT2D eigenvalue weighted by Gasteiger charge is -2.40. The maximum Gasteiger partial charge on any atom is 0.148 e. The first-order valence-electron chi connectivity index (χ1n) is 6.18. The SMILES string of the molecule is COC1(C)CCCN(c2ncnc(NN)c2C)C1. The summed E-state index contributed by atoms with van der Waals surface area (Å²) in [4.78, 5) is 10.7. The molecule has 1 aromatic rings. The van der Waals surface area contributed by atoms with Gasteiger partial charge in [-0.1, -0.05) is 0 Å². The van der Waals surface area contributed by atoms with Gasteiger partial charge in [0.2, 0.25) is 0 Å². The number of nitrogens with two attached hydrogens (primary N) is 1. The molecule has 0 bridgehead atoms. The molecule has 0 aliphatic carbocycles. The molecule has 1 atom stereocenters. The van der Waals surface area contributed by atoms with E-state index in [4.69, 9.17) is 10.6 Å².